The number of furan rings is 1. The van der Waals surface area contributed by atoms with E-state index in [0.717, 1.165) is 10.0 Å². The number of halogens is 1. The summed E-state index contributed by atoms with van der Waals surface area (Å²) >= 11 is 3.35. The van der Waals surface area contributed by atoms with Crippen LogP contribution in [0.15, 0.2) is 44.3 Å². The van der Waals surface area contributed by atoms with Crippen molar-refractivity contribution < 1.29 is 19.1 Å². The first-order valence-corrected chi connectivity index (χ1v) is 8.08. The highest BCUT2D eigenvalue weighted by molar-refractivity contribution is 9.10. The van der Waals surface area contributed by atoms with Crippen LogP contribution in [0.5, 0.6) is 0 Å². The molecule has 7 heteroatoms. The number of hydrogen-bond acceptors (Lipinski definition) is 4. The second-order valence-electron chi connectivity index (χ2n) is 5.23. The number of carbonyl (C=O) groups excluding carboxylic acids is 1. The number of carbonyl (C=O) groups is 2. The van der Waals surface area contributed by atoms with Gasteiger partial charge in [0.05, 0.1) is 17.7 Å². The van der Waals surface area contributed by atoms with Crippen LogP contribution in [0, 0.1) is 13.8 Å². The molecule has 0 saturated carbocycles. The van der Waals surface area contributed by atoms with Crippen LogP contribution in [0.4, 0.5) is 0 Å². The van der Waals surface area contributed by atoms with Gasteiger partial charge in [0.2, 0.25) is 0 Å². The number of amides is 1. The van der Waals surface area contributed by atoms with E-state index in [4.69, 9.17) is 9.52 Å². The van der Waals surface area contributed by atoms with Gasteiger partial charge in [0, 0.05) is 10.9 Å². The Morgan fingerprint density at radius 3 is 2.42 bits per heavy atom. The maximum absolute atomic E-state index is 12.2. The number of aliphatic carboxylic acids is 1. The Bertz CT molecular complexity index is 778. The molecule has 0 unspecified atom stereocenters. The van der Waals surface area contributed by atoms with E-state index in [1.807, 2.05) is 24.3 Å². The molecular weight excluding hydrogens is 376 g/mol. The predicted molar refractivity (Wildman–Crippen MR) is 93.2 cm³/mol. The first-order valence-electron chi connectivity index (χ1n) is 7.28. The van der Waals surface area contributed by atoms with Gasteiger partial charge in [-0.1, -0.05) is 28.1 Å². The van der Waals surface area contributed by atoms with Gasteiger partial charge < -0.3 is 9.52 Å². The van der Waals surface area contributed by atoms with Crippen LogP contribution in [0.2, 0.25) is 0 Å². The van der Waals surface area contributed by atoms with Crippen LogP contribution in [-0.2, 0) is 4.79 Å². The molecule has 1 aromatic heterocycles. The van der Waals surface area contributed by atoms with Gasteiger partial charge in [-0.3, -0.25) is 9.59 Å². The van der Waals surface area contributed by atoms with E-state index in [-0.39, 0.29) is 12.8 Å². The molecule has 126 valence electrons. The van der Waals surface area contributed by atoms with Crippen LogP contribution in [0.3, 0.4) is 0 Å². The average molecular weight is 393 g/mol. The molecule has 2 N–H and O–H groups in total. The smallest absolute Gasteiger partial charge is 0.303 e. The number of hydrazone groups is 1. The van der Waals surface area contributed by atoms with Crippen LogP contribution in [-0.4, -0.2) is 22.7 Å². The Balaban J connectivity index is 2.20. The van der Waals surface area contributed by atoms with Crippen molar-refractivity contribution in [2.24, 2.45) is 5.10 Å². The van der Waals surface area contributed by atoms with Gasteiger partial charge in [0.1, 0.15) is 11.5 Å². The maximum atomic E-state index is 12.2. The molecule has 0 bridgehead atoms. The lowest BCUT2D eigenvalue weighted by molar-refractivity contribution is -0.136. The maximum Gasteiger partial charge on any atom is 0.303 e. The summed E-state index contributed by atoms with van der Waals surface area (Å²) in [5, 5.41) is 13.0. The summed E-state index contributed by atoms with van der Waals surface area (Å²) in [4.78, 5) is 23.0. The van der Waals surface area contributed by atoms with Crippen molar-refractivity contribution >= 4 is 33.5 Å². The SMILES string of the molecule is Cc1cc(C(=O)N/N=C(/CCC(=O)O)c2ccc(Br)cc2)c(C)o1. The number of benzene rings is 1. The van der Waals surface area contributed by atoms with Gasteiger partial charge in [-0.2, -0.15) is 5.10 Å². The summed E-state index contributed by atoms with van der Waals surface area (Å²) in [5.74, 6) is -0.168. The number of carboxylic acid groups (broad SMARTS) is 1. The second kappa shape index (κ2) is 7.92. The third-order valence-electron chi connectivity index (χ3n) is 3.33. The molecule has 0 saturated heterocycles. The topological polar surface area (TPSA) is 91.9 Å². The molecular formula is C17H17BrN2O4. The summed E-state index contributed by atoms with van der Waals surface area (Å²) in [6.45, 7) is 3.46. The zero-order valence-corrected chi connectivity index (χ0v) is 14.9. The number of nitrogens with one attached hydrogen (secondary N) is 1. The average Bonchev–Trinajstić information content (AvgIpc) is 2.86. The molecule has 0 fully saturated rings. The van der Waals surface area contributed by atoms with E-state index in [1.165, 1.54) is 0 Å². The summed E-state index contributed by atoms with van der Waals surface area (Å²) in [7, 11) is 0. The van der Waals surface area contributed by atoms with Crippen molar-refractivity contribution in [3.05, 3.63) is 57.5 Å². The van der Waals surface area contributed by atoms with Crippen LogP contribution < -0.4 is 5.43 Å². The quantitative estimate of drug-likeness (QED) is 0.579. The van der Waals surface area contributed by atoms with Crippen molar-refractivity contribution in [1.82, 2.24) is 5.43 Å². The molecule has 1 amide bonds. The number of nitrogens with zero attached hydrogens (tertiary/aromatic N) is 1. The lowest BCUT2D eigenvalue weighted by Crippen LogP contribution is -2.20. The van der Waals surface area contributed by atoms with E-state index < -0.39 is 11.9 Å². The van der Waals surface area contributed by atoms with Crippen molar-refractivity contribution in [2.45, 2.75) is 26.7 Å². The summed E-state index contributed by atoms with van der Waals surface area (Å²) in [5.41, 5.74) is 4.13. The molecule has 0 radical (unpaired) electrons. The highest BCUT2D eigenvalue weighted by atomic mass is 79.9. The Labute approximate surface area is 147 Å². The molecule has 0 spiro atoms. The molecule has 1 heterocycles. The predicted octanol–water partition coefficient (Wildman–Crippen LogP) is 3.66. The second-order valence-corrected chi connectivity index (χ2v) is 6.14. The van der Waals surface area contributed by atoms with Gasteiger partial charge in [0.25, 0.3) is 5.91 Å². The third-order valence-corrected chi connectivity index (χ3v) is 3.86. The highest BCUT2D eigenvalue weighted by Gasteiger charge is 2.14. The first-order chi connectivity index (χ1) is 11.4. The Morgan fingerprint density at radius 1 is 1.21 bits per heavy atom. The molecule has 0 aliphatic carbocycles. The van der Waals surface area contributed by atoms with Crippen LogP contribution >= 0.6 is 15.9 Å². The van der Waals surface area contributed by atoms with E-state index in [1.54, 1.807) is 19.9 Å². The van der Waals surface area contributed by atoms with Crippen molar-refractivity contribution in [2.75, 3.05) is 0 Å². The van der Waals surface area contributed by atoms with Gasteiger partial charge in [-0.15, -0.1) is 0 Å². The van der Waals surface area contributed by atoms with Crippen LogP contribution in [0.25, 0.3) is 0 Å². The number of carboxylic acids is 1. The van der Waals surface area contributed by atoms with Gasteiger partial charge in [-0.25, -0.2) is 5.43 Å². The molecule has 2 rings (SSSR count). The summed E-state index contributed by atoms with van der Waals surface area (Å²) in [6.07, 6.45) is 0.134. The minimum absolute atomic E-state index is 0.0748. The summed E-state index contributed by atoms with van der Waals surface area (Å²) < 4.78 is 6.23. The molecule has 0 atom stereocenters. The van der Waals surface area contributed by atoms with E-state index in [2.05, 4.69) is 26.5 Å². The molecule has 24 heavy (non-hydrogen) atoms. The summed E-state index contributed by atoms with van der Waals surface area (Å²) in [6, 6.07) is 8.92. The van der Waals surface area contributed by atoms with Crippen LogP contribution in [0.1, 0.15) is 40.3 Å². The third kappa shape index (κ3) is 4.79. The number of rotatable bonds is 6. The van der Waals surface area contributed by atoms with E-state index in [9.17, 15) is 9.59 Å². The molecule has 0 aliphatic heterocycles. The van der Waals surface area contributed by atoms with E-state index >= 15 is 0 Å². The Kier molecular flexibility index (Phi) is 5.92. The molecule has 6 nitrogen and oxygen atoms in total. The van der Waals surface area contributed by atoms with Gasteiger partial charge in [-0.05, 0) is 37.6 Å². The number of aryl methyl sites for hydroxylation is 2. The molecule has 2 aromatic rings. The Hall–Kier alpha value is -2.41. The minimum atomic E-state index is -0.924. The van der Waals surface area contributed by atoms with E-state index in [0.29, 0.717) is 22.8 Å². The fourth-order valence-corrected chi connectivity index (χ4v) is 2.43. The van der Waals surface area contributed by atoms with Crippen molar-refractivity contribution in [3.63, 3.8) is 0 Å². The van der Waals surface area contributed by atoms with Gasteiger partial charge >= 0.3 is 5.97 Å². The molecule has 1 aromatic carbocycles. The standard InChI is InChI=1S/C17H17BrN2O4/c1-10-9-14(11(2)24-10)17(23)20-19-15(7-8-16(21)22)12-3-5-13(18)6-4-12/h3-6,9H,7-8H2,1-2H3,(H,20,23)(H,21,22)/b19-15-. The highest BCUT2D eigenvalue weighted by Crippen LogP contribution is 2.15. The van der Waals surface area contributed by atoms with Gasteiger partial charge in [0.15, 0.2) is 0 Å². The lowest BCUT2D eigenvalue weighted by Gasteiger charge is -2.07. The number of hydrogen-bond donors (Lipinski definition) is 2. The largest absolute Gasteiger partial charge is 0.481 e. The van der Waals surface area contributed by atoms with Crippen molar-refractivity contribution in [3.8, 4) is 0 Å². The first kappa shape index (κ1) is 17.9. The normalized spacial score (nSPS) is 11.4. The molecule has 0 aliphatic rings. The van der Waals surface area contributed by atoms with Crippen molar-refractivity contribution in [1.29, 1.82) is 0 Å². The fraction of sp³-hybridized carbons (Fsp3) is 0.235. The zero-order chi connectivity index (χ0) is 17.7. The fourth-order valence-electron chi connectivity index (χ4n) is 2.17. The zero-order valence-electron chi connectivity index (χ0n) is 13.3. The lowest BCUT2D eigenvalue weighted by atomic mass is 10.1. The minimum Gasteiger partial charge on any atom is -0.481 e. The Morgan fingerprint density at radius 2 is 1.88 bits per heavy atom. The monoisotopic (exact) mass is 392 g/mol.